The molecule has 0 aliphatic rings. The van der Waals surface area contributed by atoms with E-state index in [1.165, 1.54) is 0 Å². The molecule has 1 rings (SSSR count). The minimum absolute atomic E-state index is 0.452. The van der Waals surface area contributed by atoms with Crippen molar-refractivity contribution in [2.24, 2.45) is 5.73 Å². The van der Waals surface area contributed by atoms with Crippen LogP contribution in [0.5, 0.6) is 0 Å². The van der Waals surface area contributed by atoms with Gasteiger partial charge in [-0.15, -0.1) is 0 Å². The van der Waals surface area contributed by atoms with Crippen LogP contribution in [0.4, 0.5) is 4.79 Å². The molecule has 2 amide bonds. The van der Waals surface area contributed by atoms with E-state index in [1.54, 1.807) is 6.07 Å². The maximum absolute atomic E-state index is 10.4. The fraction of sp³-hybridized carbons (Fsp3) is 0.500. The second-order valence-corrected chi connectivity index (χ2v) is 5.53. The number of nitrogens with two attached hydrogens (primary N) is 1. The molecule has 20 heavy (non-hydrogen) atoms. The molecule has 0 saturated heterocycles. The lowest BCUT2D eigenvalue weighted by atomic mass is 10.2. The van der Waals surface area contributed by atoms with Crippen molar-refractivity contribution in [3.05, 3.63) is 33.8 Å². The summed E-state index contributed by atoms with van der Waals surface area (Å²) in [6, 6.07) is 5.10. The molecule has 1 aromatic rings. The van der Waals surface area contributed by atoms with E-state index in [9.17, 15) is 4.79 Å². The van der Waals surface area contributed by atoms with Crippen LogP contribution in [0.15, 0.2) is 18.2 Å². The van der Waals surface area contributed by atoms with Gasteiger partial charge in [0.15, 0.2) is 0 Å². The van der Waals surface area contributed by atoms with Crippen molar-refractivity contribution < 1.29 is 4.79 Å². The molecule has 0 radical (unpaired) electrons. The third-order valence-corrected chi connectivity index (χ3v) is 3.27. The Morgan fingerprint density at radius 3 is 2.20 bits per heavy atom. The van der Waals surface area contributed by atoms with Gasteiger partial charge in [0.05, 0.1) is 0 Å². The molecule has 0 unspecified atom stereocenters. The number of halogens is 2. The van der Waals surface area contributed by atoms with Gasteiger partial charge >= 0.3 is 6.03 Å². The highest BCUT2D eigenvalue weighted by Crippen LogP contribution is 2.18. The average molecular weight is 318 g/mol. The number of amides is 2. The zero-order valence-corrected chi connectivity index (χ0v) is 12.9. The monoisotopic (exact) mass is 317 g/mol. The van der Waals surface area contributed by atoms with Gasteiger partial charge in [-0.2, -0.15) is 0 Å². The first-order valence-electron chi connectivity index (χ1n) is 6.77. The molecule has 112 valence electrons. The van der Waals surface area contributed by atoms with E-state index < -0.39 is 6.03 Å². The van der Waals surface area contributed by atoms with Crippen LogP contribution >= 0.6 is 23.2 Å². The Kier molecular flexibility index (Phi) is 8.42. The summed E-state index contributed by atoms with van der Waals surface area (Å²) in [5, 5.41) is 7.26. The summed E-state index contributed by atoms with van der Waals surface area (Å²) < 4.78 is 0. The fourth-order valence-electron chi connectivity index (χ4n) is 1.89. The number of hydrogen-bond donors (Lipinski definition) is 3. The normalized spacial score (nSPS) is 10.5. The largest absolute Gasteiger partial charge is 0.352 e. The van der Waals surface area contributed by atoms with E-state index in [0.29, 0.717) is 16.6 Å². The first-order chi connectivity index (χ1) is 9.58. The Labute approximate surface area is 130 Å². The Balaban J connectivity index is 2.00. The molecule has 0 heterocycles. The highest BCUT2D eigenvalue weighted by molar-refractivity contribution is 6.34. The number of rotatable bonds is 9. The van der Waals surface area contributed by atoms with Gasteiger partial charge in [-0.1, -0.05) is 36.0 Å². The minimum atomic E-state index is -0.452. The molecule has 0 bridgehead atoms. The van der Waals surface area contributed by atoms with Crippen molar-refractivity contribution in [1.82, 2.24) is 10.6 Å². The number of primary amides is 1. The molecule has 0 aromatic heterocycles. The Morgan fingerprint density at radius 2 is 1.60 bits per heavy atom. The van der Waals surface area contributed by atoms with Crippen LogP contribution in [0.1, 0.15) is 31.2 Å². The molecule has 0 saturated carbocycles. The topological polar surface area (TPSA) is 67.2 Å². The molecule has 4 nitrogen and oxygen atoms in total. The van der Waals surface area contributed by atoms with Gasteiger partial charge in [-0.25, -0.2) is 4.79 Å². The second-order valence-electron chi connectivity index (χ2n) is 4.66. The Hall–Kier alpha value is -0.970. The maximum Gasteiger partial charge on any atom is 0.312 e. The number of carbonyl (C=O) groups excluding carboxylic acids is 1. The third-order valence-electron chi connectivity index (χ3n) is 2.83. The van der Waals surface area contributed by atoms with Gasteiger partial charge in [0.2, 0.25) is 0 Å². The van der Waals surface area contributed by atoms with Crippen LogP contribution in [0.3, 0.4) is 0 Å². The van der Waals surface area contributed by atoms with Gasteiger partial charge in [-0.3, -0.25) is 0 Å². The van der Waals surface area contributed by atoms with Gasteiger partial charge in [0.25, 0.3) is 0 Å². The Bertz CT molecular complexity index is 407. The second kappa shape index (κ2) is 9.86. The van der Waals surface area contributed by atoms with Crippen molar-refractivity contribution in [3.63, 3.8) is 0 Å². The van der Waals surface area contributed by atoms with Crippen LogP contribution < -0.4 is 16.4 Å². The predicted molar refractivity (Wildman–Crippen MR) is 84.2 cm³/mol. The summed E-state index contributed by atoms with van der Waals surface area (Å²) >= 11 is 11.9. The van der Waals surface area contributed by atoms with E-state index in [4.69, 9.17) is 28.9 Å². The molecule has 1 aromatic carbocycles. The average Bonchev–Trinajstić information content (AvgIpc) is 2.35. The van der Waals surface area contributed by atoms with Gasteiger partial charge in [0.1, 0.15) is 0 Å². The molecule has 4 N–H and O–H groups in total. The van der Waals surface area contributed by atoms with Gasteiger partial charge < -0.3 is 16.4 Å². The van der Waals surface area contributed by atoms with E-state index in [-0.39, 0.29) is 0 Å². The first-order valence-corrected chi connectivity index (χ1v) is 7.52. The minimum Gasteiger partial charge on any atom is -0.352 e. The van der Waals surface area contributed by atoms with Gasteiger partial charge in [0, 0.05) is 23.1 Å². The maximum atomic E-state index is 10.4. The molecular formula is C14H21Cl2N3O. The molecule has 0 aliphatic heterocycles. The lowest BCUT2D eigenvalue weighted by Crippen LogP contribution is -2.29. The summed E-state index contributed by atoms with van der Waals surface area (Å²) in [6.07, 6.45) is 4.28. The van der Waals surface area contributed by atoms with Crippen LogP contribution in [0.2, 0.25) is 10.0 Å². The number of carbonyl (C=O) groups is 1. The Morgan fingerprint density at radius 1 is 1.00 bits per heavy atom. The number of nitrogens with one attached hydrogen (secondary N) is 2. The number of urea groups is 1. The van der Waals surface area contributed by atoms with Crippen molar-refractivity contribution >= 4 is 29.2 Å². The number of unbranched alkanes of at least 4 members (excludes halogenated alkanes) is 3. The van der Waals surface area contributed by atoms with E-state index >= 15 is 0 Å². The van der Waals surface area contributed by atoms with Crippen LogP contribution in [-0.2, 0) is 6.54 Å². The number of hydrogen-bond acceptors (Lipinski definition) is 2. The zero-order chi connectivity index (χ0) is 14.8. The summed E-state index contributed by atoms with van der Waals surface area (Å²) in [4.78, 5) is 10.4. The van der Waals surface area contributed by atoms with E-state index in [2.05, 4.69) is 10.6 Å². The third kappa shape index (κ3) is 8.25. The highest BCUT2D eigenvalue weighted by Gasteiger charge is 1.98. The number of benzene rings is 1. The molecule has 0 atom stereocenters. The summed E-state index contributed by atoms with van der Waals surface area (Å²) in [5.74, 6) is 0. The van der Waals surface area contributed by atoms with E-state index in [0.717, 1.165) is 44.3 Å². The van der Waals surface area contributed by atoms with Crippen LogP contribution in [0, 0.1) is 0 Å². The van der Waals surface area contributed by atoms with Gasteiger partial charge in [-0.05, 0) is 43.1 Å². The quantitative estimate of drug-likeness (QED) is 0.612. The SMILES string of the molecule is NC(=O)NCCCCCCNCc1cc(Cl)cc(Cl)c1. The summed E-state index contributed by atoms with van der Waals surface area (Å²) in [5.41, 5.74) is 6.06. The molecule has 0 spiro atoms. The lowest BCUT2D eigenvalue weighted by Gasteiger charge is -2.06. The molecule has 0 aliphatic carbocycles. The standard InChI is InChI=1S/C14H21Cl2N3O/c15-12-7-11(8-13(16)9-12)10-18-5-3-1-2-4-6-19-14(17)20/h7-9,18H,1-6,10H2,(H3,17,19,20). The highest BCUT2D eigenvalue weighted by atomic mass is 35.5. The molecule has 6 heteroatoms. The van der Waals surface area contributed by atoms with E-state index in [1.807, 2.05) is 12.1 Å². The van der Waals surface area contributed by atoms with Crippen molar-refractivity contribution in [3.8, 4) is 0 Å². The van der Waals surface area contributed by atoms with Crippen LogP contribution in [-0.4, -0.2) is 19.1 Å². The molecular weight excluding hydrogens is 297 g/mol. The molecule has 0 fully saturated rings. The first kappa shape index (κ1) is 17.1. The van der Waals surface area contributed by atoms with Crippen molar-refractivity contribution in [2.75, 3.05) is 13.1 Å². The summed E-state index contributed by atoms with van der Waals surface area (Å²) in [6.45, 7) is 2.38. The lowest BCUT2D eigenvalue weighted by molar-refractivity contribution is 0.248. The zero-order valence-electron chi connectivity index (χ0n) is 11.4. The smallest absolute Gasteiger partial charge is 0.312 e. The predicted octanol–water partition coefficient (Wildman–Crippen LogP) is 3.31. The van der Waals surface area contributed by atoms with Crippen molar-refractivity contribution in [2.45, 2.75) is 32.2 Å². The van der Waals surface area contributed by atoms with Crippen LogP contribution in [0.25, 0.3) is 0 Å². The fourth-order valence-corrected chi connectivity index (χ4v) is 2.46. The summed E-state index contributed by atoms with van der Waals surface area (Å²) in [7, 11) is 0. The van der Waals surface area contributed by atoms with Crippen molar-refractivity contribution in [1.29, 1.82) is 0 Å².